The number of imidazole rings is 1. The highest BCUT2D eigenvalue weighted by molar-refractivity contribution is 5.69. The molecule has 0 spiro atoms. The third-order valence-electron chi connectivity index (χ3n) is 3.04. The summed E-state index contributed by atoms with van der Waals surface area (Å²) in [5.74, 6) is 0.253. The van der Waals surface area contributed by atoms with E-state index in [0.29, 0.717) is 16.9 Å². The highest BCUT2D eigenvalue weighted by Gasteiger charge is 2.12. The lowest BCUT2D eigenvalue weighted by atomic mass is 10.4. The summed E-state index contributed by atoms with van der Waals surface area (Å²) in [4.78, 5) is 35.3. The number of H-pyrrole nitrogens is 2. The van der Waals surface area contributed by atoms with Crippen LogP contribution in [0.1, 0.15) is 5.69 Å². The van der Waals surface area contributed by atoms with Gasteiger partial charge in [0.15, 0.2) is 11.2 Å². The minimum absolute atomic E-state index is 0.0125. The molecule has 10 nitrogen and oxygen atoms in total. The quantitative estimate of drug-likeness (QED) is 0.473. The fourth-order valence-electron chi connectivity index (χ4n) is 1.97. The van der Waals surface area contributed by atoms with Crippen LogP contribution in [-0.4, -0.2) is 29.4 Å². The maximum Gasteiger partial charge on any atom is 0.287 e. The number of rotatable bonds is 4. The number of fused-ring (bicyclic) bond motifs is 1. The molecular weight excluding hydrogens is 278 g/mol. The first-order chi connectivity index (χ1) is 10.0. The molecule has 3 heterocycles. The second-order valence-electron chi connectivity index (χ2n) is 4.43. The predicted molar refractivity (Wildman–Crippen MR) is 73.9 cm³/mol. The summed E-state index contributed by atoms with van der Waals surface area (Å²) in [7, 11) is 1.71. The number of aromatic nitrogens is 5. The fraction of sp³-hybridized carbons (Fsp3) is 0.182. The molecule has 0 fully saturated rings. The van der Waals surface area contributed by atoms with Crippen molar-refractivity contribution >= 4 is 22.8 Å². The molecule has 0 bridgehead atoms. The van der Waals surface area contributed by atoms with Crippen LogP contribution < -0.4 is 10.9 Å². The van der Waals surface area contributed by atoms with Gasteiger partial charge in [-0.3, -0.25) is 19.9 Å². The highest BCUT2D eigenvalue weighted by atomic mass is 16.6. The Balaban J connectivity index is 1.83. The molecule has 21 heavy (non-hydrogen) atoms. The molecule has 108 valence electrons. The number of nitrogens with zero attached hydrogens (tertiary/aromatic N) is 4. The second-order valence-corrected chi connectivity index (χ2v) is 4.43. The summed E-state index contributed by atoms with van der Waals surface area (Å²) < 4.78 is 1.64. The largest absolute Gasteiger partial charge is 0.350 e. The molecule has 0 aliphatic heterocycles. The smallest absolute Gasteiger partial charge is 0.287 e. The molecule has 0 radical (unpaired) electrons. The van der Waals surface area contributed by atoms with Gasteiger partial charge in [0.25, 0.3) is 11.2 Å². The van der Waals surface area contributed by atoms with Crippen LogP contribution in [0.25, 0.3) is 11.2 Å². The van der Waals surface area contributed by atoms with Crippen molar-refractivity contribution in [3.8, 4) is 0 Å². The zero-order valence-corrected chi connectivity index (χ0v) is 11.0. The van der Waals surface area contributed by atoms with E-state index in [1.807, 2.05) is 0 Å². The Kier molecular flexibility index (Phi) is 2.90. The van der Waals surface area contributed by atoms with Crippen molar-refractivity contribution in [3.05, 3.63) is 44.8 Å². The van der Waals surface area contributed by atoms with Crippen LogP contribution in [0.4, 0.5) is 11.6 Å². The van der Waals surface area contributed by atoms with Crippen LogP contribution >= 0.6 is 0 Å². The maximum absolute atomic E-state index is 11.7. The number of hydrogen-bond acceptors (Lipinski definition) is 6. The number of nitro groups is 1. The van der Waals surface area contributed by atoms with Gasteiger partial charge in [-0.1, -0.05) is 0 Å². The Bertz CT molecular complexity index is 875. The summed E-state index contributed by atoms with van der Waals surface area (Å²) >= 11 is 0. The summed E-state index contributed by atoms with van der Waals surface area (Å²) in [6.45, 7) is 0.281. The molecule has 3 rings (SSSR count). The molecule has 0 unspecified atom stereocenters. The first kappa shape index (κ1) is 12.8. The molecular formula is C11H11N7O3. The van der Waals surface area contributed by atoms with E-state index >= 15 is 0 Å². The van der Waals surface area contributed by atoms with E-state index in [-0.39, 0.29) is 23.7 Å². The Morgan fingerprint density at radius 2 is 2.33 bits per heavy atom. The van der Waals surface area contributed by atoms with Gasteiger partial charge in [-0.2, -0.15) is 4.98 Å². The van der Waals surface area contributed by atoms with Gasteiger partial charge in [0.05, 0.1) is 24.0 Å². The van der Waals surface area contributed by atoms with Gasteiger partial charge in [-0.25, -0.2) is 4.98 Å². The molecule has 0 aliphatic rings. The molecule has 0 saturated carbocycles. The van der Waals surface area contributed by atoms with E-state index in [9.17, 15) is 14.9 Å². The third-order valence-corrected chi connectivity index (χ3v) is 3.04. The SMILES string of the molecule is Cn1cc([N+](=O)[O-])cc1CNc1nc2nc[nH]c2c(=O)[nH]1. The van der Waals surface area contributed by atoms with Gasteiger partial charge >= 0.3 is 0 Å². The summed E-state index contributed by atoms with van der Waals surface area (Å²) in [5, 5.41) is 13.6. The van der Waals surface area contributed by atoms with E-state index < -0.39 is 4.92 Å². The molecule has 0 atom stereocenters. The van der Waals surface area contributed by atoms with E-state index in [1.54, 1.807) is 11.6 Å². The van der Waals surface area contributed by atoms with Crippen LogP contribution in [0, 0.1) is 10.1 Å². The van der Waals surface area contributed by atoms with E-state index in [1.165, 1.54) is 18.6 Å². The molecule has 0 aliphatic carbocycles. The van der Waals surface area contributed by atoms with E-state index in [0.717, 1.165) is 0 Å². The zero-order valence-electron chi connectivity index (χ0n) is 11.0. The third kappa shape index (κ3) is 2.33. The van der Waals surface area contributed by atoms with Crippen molar-refractivity contribution in [2.45, 2.75) is 6.54 Å². The van der Waals surface area contributed by atoms with Crippen LogP contribution in [0.15, 0.2) is 23.4 Å². The summed E-state index contributed by atoms with van der Waals surface area (Å²) in [6, 6.07) is 1.46. The van der Waals surface area contributed by atoms with Gasteiger partial charge < -0.3 is 14.9 Å². The Morgan fingerprint density at radius 3 is 3.05 bits per heavy atom. The topological polar surface area (TPSA) is 135 Å². The minimum Gasteiger partial charge on any atom is -0.350 e. The standard InChI is InChI=1S/C11H11N7O3/c1-17-4-7(18(20)21)2-6(17)3-12-11-15-9-8(10(19)16-11)13-5-14-9/h2,4-5H,3H2,1H3,(H3,12,13,14,15,16,19). The number of aromatic amines is 2. The van der Waals surface area contributed by atoms with Gasteiger partial charge in [0.2, 0.25) is 5.95 Å². The molecule has 0 aromatic carbocycles. The van der Waals surface area contributed by atoms with E-state index in [2.05, 4.69) is 25.3 Å². The fourth-order valence-corrected chi connectivity index (χ4v) is 1.97. The lowest BCUT2D eigenvalue weighted by Crippen LogP contribution is -2.14. The van der Waals surface area contributed by atoms with Crippen LogP contribution in [-0.2, 0) is 13.6 Å². The average molecular weight is 289 g/mol. The number of hydrogen-bond donors (Lipinski definition) is 3. The first-order valence-electron chi connectivity index (χ1n) is 6.01. The van der Waals surface area contributed by atoms with Crippen LogP contribution in [0.3, 0.4) is 0 Å². The van der Waals surface area contributed by atoms with Crippen molar-refractivity contribution in [1.82, 2.24) is 24.5 Å². The van der Waals surface area contributed by atoms with Gasteiger partial charge in [-0.05, 0) is 0 Å². The van der Waals surface area contributed by atoms with Gasteiger partial charge in [0, 0.05) is 18.8 Å². The van der Waals surface area contributed by atoms with Crippen molar-refractivity contribution in [2.75, 3.05) is 5.32 Å². The number of nitrogens with one attached hydrogen (secondary N) is 3. The minimum atomic E-state index is -0.459. The average Bonchev–Trinajstić information content (AvgIpc) is 3.03. The van der Waals surface area contributed by atoms with Gasteiger partial charge in [0.1, 0.15) is 0 Å². The molecule has 0 amide bonds. The monoisotopic (exact) mass is 289 g/mol. The molecule has 3 aromatic heterocycles. The van der Waals surface area contributed by atoms with Crippen molar-refractivity contribution in [1.29, 1.82) is 0 Å². The van der Waals surface area contributed by atoms with Crippen molar-refractivity contribution in [3.63, 3.8) is 0 Å². The zero-order chi connectivity index (χ0) is 15.0. The highest BCUT2D eigenvalue weighted by Crippen LogP contribution is 2.16. The lowest BCUT2D eigenvalue weighted by Gasteiger charge is -2.05. The van der Waals surface area contributed by atoms with Crippen molar-refractivity contribution < 1.29 is 4.92 Å². The van der Waals surface area contributed by atoms with Crippen LogP contribution in [0.2, 0.25) is 0 Å². The van der Waals surface area contributed by atoms with Crippen molar-refractivity contribution in [2.24, 2.45) is 7.05 Å². The first-order valence-corrected chi connectivity index (χ1v) is 6.01. The Labute approximate surface area is 117 Å². The van der Waals surface area contributed by atoms with Crippen LogP contribution in [0.5, 0.6) is 0 Å². The second kappa shape index (κ2) is 4.74. The van der Waals surface area contributed by atoms with E-state index in [4.69, 9.17) is 0 Å². The predicted octanol–water partition coefficient (Wildman–Crippen LogP) is 0.505. The Hall–Kier alpha value is -3.17. The molecule has 3 aromatic rings. The number of anilines is 1. The number of aryl methyl sites for hydroxylation is 1. The molecule has 3 N–H and O–H groups in total. The summed E-state index contributed by atoms with van der Waals surface area (Å²) in [6.07, 6.45) is 2.81. The molecule has 0 saturated heterocycles. The summed E-state index contributed by atoms with van der Waals surface area (Å²) in [5.41, 5.74) is 0.969. The Morgan fingerprint density at radius 1 is 1.52 bits per heavy atom. The maximum atomic E-state index is 11.7. The van der Waals surface area contributed by atoms with Gasteiger partial charge in [-0.15, -0.1) is 0 Å². The molecule has 10 heteroatoms. The lowest BCUT2D eigenvalue weighted by molar-refractivity contribution is -0.384. The normalized spacial score (nSPS) is 10.9.